The molecule has 2 fully saturated rings. The summed E-state index contributed by atoms with van der Waals surface area (Å²) < 4.78 is 0. The summed E-state index contributed by atoms with van der Waals surface area (Å²) in [5, 5.41) is 8.87. The molecular formula is C10H16N2O3. The standard InChI is InChI=1S/C10H16N2O3/c1-7-3-2-4-8-5-11(10(14)15)6-9(13)12(7)8/h7-8H,2-6H2,1H3,(H,14,15)/t7-,8+/m1/s1. The van der Waals surface area contributed by atoms with Crippen molar-refractivity contribution in [2.24, 2.45) is 0 Å². The number of hydrogen-bond donors (Lipinski definition) is 1. The summed E-state index contributed by atoms with van der Waals surface area (Å²) in [7, 11) is 0. The Morgan fingerprint density at radius 1 is 1.47 bits per heavy atom. The lowest BCUT2D eigenvalue weighted by Crippen LogP contribution is -2.61. The molecule has 2 aliphatic heterocycles. The Morgan fingerprint density at radius 2 is 2.20 bits per heavy atom. The summed E-state index contributed by atoms with van der Waals surface area (Å²) in [4.78, 5) is 25.7. The molecule has 0 spiro atoms. The van der Waals surface area contributed by atoms with Crippen molar-refractivity contribution in [1.82, 2.24) is 9.80 Å². The van der Waals surface area contributed by atoms with Crippen molar-refractivity contribution in [3.05, 3.63) is 0 Å². The minimum absolute atomic E-state index is 0.0240. The van der Waals surface area contributed by atoms with Gasteiger partial charge < -0.3 is 10.0 Å². The number of piperidine rings is 1. The van der Waals surface area contributed by atoms with E-state index in [9.17, 15) is 9.59 Å². The maximum atomic E-state index is 11.8. The third-order valence-corrected chi connectivity index (χ3v) is 3.34. The second kappa shape index (κ2) is 3.72. The van der Waals surface area contributed by atoms with Gasteiger partial charge in [-0.3, -0.25) is 9.69 Å². The Labute approximate surface area is 88.6 Å². The Bertz CT molecular complexity index is 292. The first-order valence-corrected chi connectivity index (χ1v) is 5.38. The van der Waals surface area contributed by atoms with Crippen molar-refractivity contribution < 1.29 is 14.7 Å². The van der Waals surface area contributed by atoms with Crippen molar-refractivity contribution >= 4 is 12.0 Å². The number of rotatable bonds is 0. The first kappa shape index (κ1) is 10.3. The molecule has 2 saturated heterocycles. The molecule has 0 radical (unpaired) electrons. The van der Waals surface area contributed by atoms with Gasteiger partial charge in [-0.15, -0.1) is 0 Å². The maximum Gasteiger partial charge on any atom is 0.407 e. The van der Waals surface area contributed by atoms with Crippen LogP contribution >= 0.6 is 0 Å². The van der Waals surface area contributed by atoms with Gasteiger partial charge in [-0.05, 0) is 26.2 Å². The number of carbonyl (C=O) groups is 2. The van der Waals surface area contributed by atoms with Gasteiger partial charge in [0.05, 0.1) is 0 Å². The van der Waals surface area contributed by atoms with Crippen molar-refractivity contribution in [3.63, 3.8) is 0 Å². The molecule has 2 rings (SSSR count). The molecule has 0 aromatic carbocycles. The van der Waals surface area contributed by atoms with Crippen LogP contribution in [0.2, 0.25) is 0 Å². The van der Waals surface area contributed by atoms with Crippen LogP contribution < -0.4 is 0 Å². The van der Waals surface area contributed by atoms with E-state index in [0.717, 1.165) is 19.3 Å². The van der Waals surface area contributed by atoms with E-state index in [2.05, 4.69) is 0 Å². The monoisotopic (exact) mass is 212 g/mol. The highest BCUT2D eigenvalue weighted by Gasteiger charge is 2.38. The number of carboxylic acid groups (broad SMARTS) is 1. The third-order valence-electron chi connectivity index (χ3n) is 3.34. The predicted octanol–water partition coefficient (Wildman–Crippen LogP) is 0.750. The number of amides is 2. The van der Waals surface area contributed by atoms with Crippen LogP contribution in [0.4, 0.5) is 4.79 Å². The molecule has 2 aliphatic rings. The molecule has 0 saturated carbocycles. The topological polar surface area (TPSA) is 60.9 Å². The van der Waals surface area contributed by atoms with E-state index in [1.165, 1.54) is 4.90 Å². The molecule has 15 heavy (non-hydrogen) atoms. The van der Waals surface area contributed by atoms with Crippen molar-refractivity contribution in [2.75, 3.05) is 13.1 Å². The largest absolute Gasteiger partial charge is 0.465 e. The zero-order chi connectivity index (χ0) is 11.0. The maximum absolute atomic E-state index is 11.8. The van der Waals surface area contributed by atoms with E-state index < -0.39 is 6.09 Å². The fourth-order valence-electron chi connectivity index (χ4n) is 2.63. The molecule has 2 heterocycles. The lowest BCUT2D eigenvalue weighted by molar-refractivity contribution is -0.144. The van der Waals surface area contributed by atoms with E-state index in [-0.39, 0.29) is 24.5 Å². The van der Waals surface area contributed by atoms with Crippen molar-refractivity contribution in [2.45, 2.75) is 38.3 Å². The normalized spacial score (nSPS) is 31.4. The predicted molar refractivity (Wildman–Crippen MR) is 53.5 cm³/mol. The summed E-state index contributed by atoms with van der Waals surface area (Å²) in [6.45, 7) is 2.54. The number of fused-ring (bicyclic) bond motifs is 1. The van der Waals surface area contributed by atoms with Gasteiger partial charge in [0, 0.05) is 18.6 Å². The SMILES string of the molecule is C[C@@H]1CCC[C@H]2CN(C(=O)O)CC(=O)N21. The Kier molecular flexibility index (Phi) is 2.54. The summed E-state index contributed by atoms with van der Waals surface area (Å²) in [6, 6.07) is 0.373. The molecule has 84 valence electrons. The zero-order valence-electron chi connectivity index (χ0n) is 8.85. The van der Waals surface area contributed by atoms with Crippen molar-refractivity contribution in [1.29, 1.82) is 0 Å². The highest BCUT2D eigenvalue weighted by molar-refractivity contribution is 5.83. The number of carbonyl (C=O) groups excluding carboxylic acids is 1. The third kappa shape index (κ3) is 1.78. The lowest BCUT2D eigenvalue weighted by atomic mass is 9.94. The Morgan fingerprint density at radius 3 is 2.87 bits per heavy atom. The highest BCUT2D eigenvalue weighted by Crippen LogP contribution is 2.26. The molecule has 2 atom stereocenters. The van der Waals surface area contributed by atoms with Gasteiger partial charge in [0.2, 0.25) is 5.91 Å². The summed E-state index contributed by atoms with van der Waals surface area (Å²) in [5.41, 5.74) is 0. The molecule has 0 bridgehead atoms. The van der Waals surface area contributed by atoms with Gasteiger partial charge in [-0.25, -0.2) is 4.79 Å². The molecule has 0 unspecified atom stereocenters. The van der Waals surface area contributed by atoms with Crippen LogP contribution in [0.25, 0.3) is 0 Å². The first-order chi connectivity index (χ1) is 7.09. The van der Waals surface area contributed by atoms with Crippen LogP contribution in [-0.4, -0.2) is 52.1 Å². The Hall–Kier alpha value is -1.26. The molecule has 2 amide bonds. The molecule has 1 N–H and O–H groups in total. The van der Waals surface area contributed by atoms with Crippen LogP contribution in [0.15, 0.2) is 0 Å². The summed E-state index contributed by atoms with van der Waals surface area (Å²) in [6.07, 6.45) is 2.07. The average molecular weight is 212 g/mol. The minimum Gasteiger partial charge on any atom is -0.465 e. The average Bonchev–Trinajstić information content (AvgIpc) is 2.17. The smallest absolute Gasteiger partial charge is 0.407 e. The molecule has 0 aromatic rings. The molecular weight excluding hydrogens is 196 g/mol. The second-order valence-corrected chi connectivity index (χ2v) is 4.40. The van der Waals surface area contributed by atoms with Gasteiger partial charge in [0.1, 0.15) is 6.54 Å². The minimum atomic E-state index is -0.985. The van der Waals surface area contributed by atoms with Gasteiger partial charge >= 0.3 is 6.09 Å². The zero-order valence-corrected chi connectivity index (χ0v) is 8.85. The van der Waals surface area contributed by atoms with E-state index in [1.807, 2.05) is 11.8 Å². The number of hydrogen-bond acceptors (Lipinski definition) is 2. The second-order valence-electron chi connectivity index (χ2n) is 4.40. The molecule has 0 aromatic heterocycles. The summed E-state index contributed by atoms with van der Waals surface area (Å²) >= 11 is 0. The Balaban J connectivity index is 2.13. The van der Waals surface area contributed by atoms with Crippen LogP contribution in [-0.2, 0) is 4.79 Å². The fourth-order valence-corrected chi connectivity index (χ4v) is 2.63. The number of piperazine rings is 1. The fraction of sp³-hybridized carbons (Fsp3) is 0.800. The number of nitrogens with zero attached hydrogens (tertiary/aromatic N) is 2. The van der Waals surface area contributed by atoms with Crippen molar-refractivity contribution in [3.8, 4) is 0 Å². The van der Waals surface area contributed by atoms with Gasteiger partial charge in [-0.1, -0.05) is 0 Å². The molecule has 5 heteroatoms. The van der Waals surface area contributed by atoms with Crippen LogP contribution in [0.5, 0.6) is 0 Å². The molecule has 5 nitrogen and oxygen atoms in total. The van der Waals surface area contributed by atoms with Gasteiger partial charge in [-0.2, -0.15) is 0 Å². The van der Waals surface area contributed by atoms with Gasteiger partial charge in [0.15, 0.2) is 0 Å². The first-order valence-electron chi connectivity index (χ1n) is 5.38. The van der Waals surface area contributed by atoms with E-state index >= 15 is 0 Å². The van der Waals surface area contributed by atoms with Gasteiger partial charge in [0.25, 0.3) is 0 Å². The quantitative estimate of drug-likeness (QED) is 0.644. The van der Waals surface area contributed by atoms with E-state index in [1.54, 1.807) is 0 Å². The lowest BCUT2D eigenvalue weighted by Gasteiger charge is -2.46. The van der Waals surface area contributed by atoms with E-state index in [4.69, 9.17) is 5.11 Å². The van der Waals surface area contributed by atoms with E-state index in [0.29, 0.717) is 6.54 Å². The van der Waals surface area contributed by atoms with Crippen LogP contribution in [0.3, 0.4) is 0 Å². The highest BCUT2D eigenvalue weighted by atomic mass is 16.4. The summed E-state index contributed by atoms with van der Waals surface area (Å²) in [5.74, 6) is -0.0409. The van der Waals surface area contributed by atoms with Crippen LogP contribution in [0.1, 0.15) is 26.2 Å². The molecule has 0 aliphatic carbocycles. The van der Waals surface area contributed by atoms with Crippen LogP contribution in [0, 0.1) is 0 Å².